The predicted octanol–water partition coefficient (Wildman–Crippen LogP) is 1.75. The molecule has 0 amide bonds. The normalized spacial score (nSPS) is 28.5. The molecule has 0 bridgehead atoms. The van der Waals surface area contributed by atoms with Crippen LogP contribution in [0, 0.1) is 5.92 Å². The second-order valence-corrected chi connectivity index (χ2v) is 5.71. The molecule has 18 heavy (non-hydrogen) atoms. The van der Waals surface area contributed by atoms with Gasteiger partial charge in [0.25, 0.3) is 0 Å². The van der Waals surface area contributed by atoms with E-state index in [1.807, 2.05) is 4.90 Å². The van der Waals surface area contributed by atoms with Gasteiger partial charge < -0.3 is 10.2 Å². The zero-order valence-corrected chi connectivity index (χ0v) is 10.4. The van der Waals surface area contributed by atoms with E-state index in [9.17, 15) is 13.2 Å². The average molecular weight is 278 g/mol. The Kier molecular flexibility index (Phi) is 2.93. The molecule has 0 saturated carbocycles. The van der Waals surface area contributed by atoms with Crippen LogP contribution in [0.15, 0.2) is 0 Å². The van der Waals surface area contributed by atoms with Crippen molar-refractivity contribution in [3.63, 3.8) is 0 Å². The number of piperidine rings is 1. The molecule has 0 aromatic carbocycles. The fraction of sp³-hybridized carbons (Fsp3) is 0.800. The molecule has 2 fully saturated rings. The quantitative estimate of drug-likeness (QED) is 0.849. The minimum Gasteiger partial charge on any atom is -0.345 e. The number of hydrogen-bond acceptors (Lipinski definition) is 5. The maximum atomic E-state index is 12.5. The van der Waals surface area contributed by atoms with Gasteiger partial charge in [-0.15, -0.1) is 10.2 Å². The number of nitrogens with one attached hydrogen (secondary N) is 1. The van der Waals surface area contributed by atoms with Crippen LogP contribution in [-0.2, 0) is 6.18 Å². The Balaban J connectivity index is 1.74. The second-order valence-electron chi connectivity index (χ2n) is 4.76. The van der Waals surface area contributed by atoms with Crippen molar-refractivity contribution < 1.29 is 13.2 Å². The third-order valence-electron chi connectivity index (χ3n) is 3.53. The van der Waals surface area contributed by atoms with Gasteiger partial charge in [0.1, 0.15) is 0 Å². The van der Waals surface area contributed by atoms with E-state index in [0.717, 1.165) is 32.5 Å². The van der Waals surface area contributed by atoms with E-state index in [2.05, 4.69) is 15.5 Å². The highest BCUT2D eigenvalue weighted by atomic mass is 32.1. The second kappa shape index (κ2) is 4.34. The molecule has 8 heteroatoms. The topological polar surface area (TPSA) is 41.1 Å². The van der Waals surface area contributed by atoms with Crippen LogP contribution < -0.4 is 10.2 Å². The average Bonchev–Trinajstić information content (AvgIpc) is 2.94. The van der Waals surface area contributed by atoms with Crippen LogP contribution in [0.1, 0.15) is 17.8 Å². The number of alkyl halides is 3. The highest BCUT2D eigenvalue weighted by Crippen LogP contribution is 2.36. The third kappa shape index (κ3) is 2.18. The number of fused-ring (bicyclic) bond motifs is 1. The van der Waals surface area contributed by atoms with E-state index >= 15 is 0 Å². The first-order valence-corrected chi connectivity index (χ1v) is 6.75. The molecule has 2 saturated heterocycles. The lowest BCUT2D eigenvalue weighted by molar-refractivity contribution is -0.138. The molecule has 4 nitrogen and oxygen atoms in total. The van der Waals surface area contributed by atoms with Gasteiger partial charge >= 0.3 is 6.18 Å². The molecule has 0 unspecified atom stereocenters. The van der Waals surface area contributed by atoms with Gasteiger partial charge in [-0.1, -0.05) is 11.3 Å². The summed E-state index contributed by atoms with van der Waals surface area (Å²) >= 11 is 0.633. The van der Waals surface area contributed by atoms with Crippen LogP contribution in [0.2, 0.25) is 0 Å². The van der Waals surface area contributed by atoms with Crippen LogP contribution >= 0.6 is 11.3 Å². The van der Waals surface area contributed by atoms with Gasteiger partial charge in [-0.3, -0.25) is 0 Å². The first-order chi connectivity index (χ1) is 8.54. The molecule has 1 aromatic rings. The SMILES string of the molecule is FC(F)(F)c1nnc(N2C[C@@H]3CCCN[C@@H]3C2)s1. The molecule has 1 aromatic heterocycles. The van der Waals surface area contributed by atoms with E-state index < -0.39 is 11.2 Å². The third-order valence-corrected chi connectivity index (χ3v) is 4.56. The van der Waals surface area contributed by atoms with Crippen LogP contribution in [0.4, 0.5) is 18.3 Å². The van der Waals surface area contributed by atoms with Gasteiger partial charge in [0, 0.05) is 19.1 Å². The van der Waals surface area contributed by atoms with Gasteiger partial charge in [-0.05, 0) is 25.3 Å². The van der Waals surface area contributed by atoms with Crippen LogP contribution in [0.25, 0.3) is 0 Å². The predicted molar refractivity (Wildman–Crippen MR) is 61.6 cm³/mol. The Morgan fingerprint density at radius 2 is 2.11 bits per heavy atom. The lowest BCUT2D eigenvalue weighted by Crippen LogP contribution is -2.40. The molecule has 3 heterocycles. The molecule has 3 rings (SSSR count). The Hall–Kier alpha value is -0.890. The molecule has 100 valence electrons. The van der Waals surface area contributed by atoms with Crippen molar-refractivity contribution in [3.8, 4) is 0 Å². The van der Waals surface area contributed by atoms with E-state index in [1.54, 1.807) is 0 Å². The standard InChI is InChI=1S/C10H13F3N4S/c11-10(12,13)8-15-16-9(18-8)17-4-6-2-1-3-14-7(6)5-17/h6-7,14H,1-5H2/t6-,7+/m0/s1. The van der Waals surface area contributed by atoms with Crippen molar-refractivity contribution >= 4 is 16.5 Å². The van der Waals surface area contributed by atoms with Crippen molar-refractivity contribution in [1.29, 1.82) is 0 Å². The van der Waals surface area contributed by atoms with Crippen molar-refractivity contribution in [2.45, 2.75) is 25.1 Å². The largest absolute Gasteiger partial charge is 0.445 e. The maximum absolute atomic E-state index is 12.5. The summed E-state index contributed by atoms with van der Waals surface area (Å²) in [5, 5.41) is 9.84. The first-order valence-electron chi connectivity index (χ1n) is 5.93. The molecule has 0 spiro atoms. The molecule has 2 aliphatic rings. The van der Waals surface area contributed by atoms with Gasteiger partial charge in [0.2, 0.25) is 10.1 Å². The molecular weight excluding hydrogens is 265 g/mol. The molecule has 0 aliphatic carbocycles. The molecule has 1 N–H and O–H groups in total. The van der Waals surface area contributed by atoms with Crippen LogP contribution in [0.3, 0.4) is 0 Å². The van der Waals surface area contributed by atoms with Gasteiger partial charge in [-0.25, -0.2) is 0 Å². The number of halogens is 3. The summed E-state index contributed by atoms with van der Waals surface area (Å²) < 4.78 is 37.4. The lowest BCUT2D eigenvalue weighted by Gasteiger charge is -2.24. The van der Waals surface area contributed by atoms with E-state index in [0.29, 0.717) is 28.4 Å². The highest BCUT2D eigenvalue weighted by molar-refractivity contribution is 7.15. The Morgan fingerprint density at radius 3 is 2.78 bits per heavy atom. The van der Waals surface area contributed by atoms with Crippen LogP contribution in [0.5, 0.6) is 0 Å². The summed E-state index contributed by atoms with van der Waals surface area (Å²) in [6.45, 7) is 2.51. The summed E-state index contributed by atoms with van der Waals surface area (Å²) in [7, 11) is 0. The minimum atomic E-state index is -4.39. The smallest absolute Gasteiger partial charge is 0.345 e. The first kappa shape index (κ1) is 12.2. The van der Waals surface area contributed by atoms with E-state index in [1.165, 1.54) is 0 Å². The Bertz CT molecular complexity index is 419. The van der Waals surface area contributed by atoms with E-state index in [4.69, 9.17) is 0 Å². The van der Waals surface area contributed by atoms with Gasteiger partial charge in [0.15, 0.2) is 0 Å². The fourth-order valence-corrected chi connectivity index (χ4v) is 3.39. The maximum Gasteiger partial charge on any atom is 0.445 e. The molecule has 2 atom stereocenters. The van der Waals surface area contributed by atoms with Crippen LogP contribution in [-0.4, -0.2) is 35.9 Å². The lowest BCUT2D eigenvalue weighted by atomic mass is 9.94. The van der Waals surface area contributed by atoms with Crippen molar-refractivity contribution in [1.82, 2.24) is 15.5 Å². The summed E-state index contributed by atoms with van der Waals surface area (Å²) in [4.78, 5) is 1.92. The zero-order chi connectivity index (χ0) is 12.8. The molecule has 0 radical (unpaired) electrons. The van der Waals surface area contributed by atoms with E-state index in [-0.39, 0.29) is 0 Å². The van der Waals surface area contributed by atoms with Gasteiger partial charge in [-0.2, -0.15) is 13.2 Å². The monoisotopic (exact) mass is 278 g/mol. The molecule has 2 aliphatic heterocycles. The Morgan fingerprint density at radius 1 is 1.28 bits per heavy atom. The van der Waals surface area contributed by atoms with Gasteiger partial charge in [0.05, 0.1) is 0 Å². The van der Waals surface area contributed by atoms with Crippen molar-refractivity contribution in [2.75, 3.05) is 24.5 Å². The number of hydrogen-bond donors (Lipinski definition) is 1. The minimum absolute atomic E-state index is 0.386. The van der Waals surface area contributed by atoms with Crippen molar-refractivity contribution in [3.05, 3.63) is 5.01 Å². The Labute approximate surface area is 106 Å². The number of rotatable bonds is 1. The fourth-order valence-electron chi connectivity index (χ4n) is 2.66. The number of anilines is 1. The summed E-state index contributed by atoms with van der Waals surface area (Å²) in [6.07, 6.45) is -2.11. The zero-order valence-electron chi connectivity index (χ0n) is 9.57. The highest BCUT2D eigenvalue weighted by Gasteiger charge is 2.39. The summed E-state index contributed by atoms with van der Waals surface area (Å²) in [5.41, 5.74) is 0. The van der Waals surface area contributed by atoms with Crippen molar-refractivity contribution in [2.24, 2.45) is 5.92 Å². The number of nitrogens with zero attached hydrogens (tertiary/aromatic N) is 3. The molecular formula is C10H13F3N4S. The summed E-state index contributed by atoms with van der Waals surface area (Å²) in [5.74, 6) is 0.525. The summed E-state index contributed by atoms with van der Waals surface area (Å²) in [6, 6.07) is 0.386. The number of aromatic nitrogens is 2.